The Kier molecular flexibility index (Phi) is 6.89. The van der Waals surface area contributed by atoms with Crippen LogP contribution in [0.1, 0.15) is 12.5 Å². The van der Waals surface area contributed by atoms with E-state index in [1.807, 2.05) is 91.2 Å². The van der Waals surface area contributed by atoms with Crippen LogP contribution in [0, 0.1) is 0 Å². The third-order valence-electron chi connectivity index (χ3n) is 5.09. The third-order valence-corrected chi connectivity index (χ3v) is 10.9. The van der Waals surface area contributed by atoms with Gasteiger partial charge in [-0.05, 0) is 30.9 Å². The Bertz CT molecular complexity index is 913. The first-order valence-corrected chi connectivity index (χ1v) is 12.6. The Hall–Kier alpha value is -2.00. The maximum Gasteiger partial charge on any atom is 0.158 e. The summed E-state index contributed by atoms with van der Waals surface area (Å²) in [5.74, 6) is 0.772. The number of benzene rings is 3. The molecule has 3 aromatic carbocycles. The lowest BCUT2D eigenvalue weighted by molar-refractivity contribution is 0.0761. The summed E-state index contributed by atoms with van der Waals surface area (Å²) in [6, 6.07) is 26.7. The summed E-state index contributed by atoms with van der Waals surface area (Å²) < 4.78 is 19.9. The number of hydrogen-bond donors (Lipinski definition) is 1. The molecule has 0 bridgehead atoms. The van der Waals surface area contributed by atoms with Gasteiger partial charge in [-0.15, -0.1) is 0 Å². The van der Waals surface area contributed by atoms with Crippen molar-refractivity contribution in [3.8, 4) is 5.75 Å². The lowest BCUT2D eigenvalue weighted by Gasteiger charge is -2.38. The van der Waals surface area contributed by atoms with Gasteiger partial charge in [0.25, 0.3) is 0 Å². The van der Waals surface area contributed by atoms with Gasteiger partial charge in [-0.25, -0.2) is 0 Å². The normalized spacial score (nSPS) is 14.8. The Morgan fingerprint density at radius 1 is 0.931 bits per heavy atom. The molecule has 29 heavy (non-hydrogen) atoms. The van der Waals surface area contributed by atoms with Crippen LogP contribution in [-0.4, -0.2) is 29.1 Å². The minimum atomic E-state index is -3.12. The fourth-order valence-corrected chi connectivity index (χ4v) is 9.21. The molecule has 3 nitrogen and oxygen atoms in total. The fraction of sp³-hybridized carbons (Fsp3) is 0.250. The Balaban J connectivity index is 2.05. The zero-order valence-electron chi connectivity index (χ0n) is 17.0. The summed E-state index contributed by atoms with van der Waals surface area (Å²) in [4.78, 5) is -0.498. The van der Waals surface area contributed by atoms with E-state index >= 15 is 0 Å². The number of thioether (sulfide) groups is 1. The molecule has 0 spiro atoms. The first-order chi connectivity index (χ1) is 13.9. The van der Waals surface area contributed by atoms with Gasteiger partial charge >= 0.3 is 0 Å². The molecule has 0 radical (unpaired) electrons. The van der Waals surface area contributed by atoms with Crippen LogP contribution < -0.4 is 15.3 Å². The summed E-state index contributed by atoms with van der Waals surface area (Å²) in [6.45, 7) is 1.79. The van der Waals surface area contributed by atoms with E-state index in [1.165, 1.54) is 11.8 Å². The van der Waals surface area contributed by atoms with Gasteiger partial charge in [-0.1, -0.05) is 72.8 Å². The van der Waals surface area contributed by atoms with Crippen LogP contribution in [0.15, 0.2) is 84.9 Å². The third kappa shape index (κ3) is 4.61. The van der Waals surface area contributed by atoms with E-state index in [4.69, 9.17) is 4.74 Å². The monoisotopic (exact) mass is 426 g/mol. The Morgan fingerprint density at radius 3 is 1.83 bits per heavy atom. The van der Waals surface area contributed by atoms with Crippen LogP contribution in [0.25, 0.3) is 0 Å². The van der Waals surface area contributed by atoms with Crippen molar-refractivity contribution < 1.29 is 14.4 Å². The molecule has 3 aromatic rings. The Morgan fingerprint density at radius 2 is 1.41 bits per heavy atom. The van der Waals surface area contributed by atoms with E-state index in [2.05, 4.69) is 0 Å². The molecule has 1 N–H and O–H groups in total. The van der Waals surface area contributed by atoms with E-state index < -0.39 is 17.7 Å². The number of hydrogen-bond acceptors (Lipinski definition) is 4. The van der Waals surface area contributed by atoms with Crippen molar-refractivity contribution in [1.82, 2.24) is 0 Å². The fourth-order valence-electron chi connectivity index (χ4n) is 3.76. The summed E-state index contributed by atoms with van der Waals surface area (Å²) in [7, 11) is -1.49. The van der Waals surface area contributed by atoms with Gasteiger partial charge < -0.3 is 14.4 Å². The number of aliphatic hydroxyl groups is 1. The van der Waals surface area contributed by atoms with E-state index in [0.29, 0.717) is 6.42 Å². The molecular formula is C24H27O3PS. The van der Waals surface area contributed by atoms with Crippen molar-refractivity contribution in [3.63, 3.8) is 0 Å². The topological polar surface area (TPSA) is 46.5 Å². The minimum absolute atomic E-state index is 0.395. The van der Waals surface area contributed by atoms with Gasteiger partial charge in [0.05, 0.1) is 17.7 Å². The van der Waals surface area contributed by atoms with Gasteiger partial charge in [-0.2, -0.15) is 11.8 Å². The molecule has 152 valence electrons. The molecule has 0 heterocycles. The molecule has 0 aliphatic heterocycles. The second kappa shape index (κ2) is 9.21. The quantitative estimate of drug-likeness (QED) is 0.531. The predicted octanol–water partition coefficient (Wildman–Crippen LogP) is 4.69. The summed E-state index contributed by atoms with van der Waals surface area (Å²) >= 11 is 1.46. The largest absolute Gasteiger partial charge is 0.497 e. The zero-order valence-corrected chi connectivity index (χ0v) is 18.7. The van der Waals surface area contributed by atoms with E-state index in [9.17, 15) is 9.67 Å². The number of methoxy groups -OCH3 is 1. The average molecular weight is 427 g/mol. The highest BCUT2D eigenvalue weighted by atomic mass is 32.2. The molecule has 0 aromatic heterocycles. The second-order valence-electron chi connectivity index (χ2n) is 7.30. The standard InChI is InChI=1S/C24H27O3PS/c1-24(25,18-19-14-16-20(27-2)17-15-19)23(29-3)28(26,21-10-6-4-7-11-21)22-12-8-5-9-13-22/h4-17,23,25H,18H2,1-3H3. The number of rotatable bonds is 8. The van der Waals surface area contributed by atoms with Crippen molar-refractivity contribution >= 4 is 29.5 Å². The van der Waals surface area contributed by atoms with Gasteiger partial charge in [0.15, 0.2) is 7.14 Å². The second-order valence-corrected chi connectivity index (χ2v) is 11.5. The van der Waals surface area contributed by atoms with Gasteiger partial charge in [0.2, 0.25) is 0 Å². The van der Waals surface area contributed by atoms with E-state index in [-0.39, 0.29) is 0 Å². The van der Waals surface area contributed by atoms with E-state index in [1.54, 1.807) is 14.0 Å². The maximum absolute atomic E-state index is 14.7. The summed E-state index contributed by atoms with van der Waals surface area (Å²) in [5.41, 5.74) is -0.211. The van der Waals surface area contributed by atoms with Crippen LogP contribution in [0.3, 0.4) is 0 Å². The van der Waals surface area contributed by atoms with Crippen LogP contribution in [0.2, 0.25) is 0 Å². The van der Waals surface area contributed by atoms with Gasteiger partial charge in [-0.3, -0.25) is 0 Å². The Labute approximate surface area is 177 Å². The molecule has 0 saturated heterocycles. The van der Waals surface area contributed by atoms with Crippen molar-refractivity contribution in [2.75, 3.05) is 13.4 Å². The highest BCUT2D eigenvalue weighted by Crippen LogP contribution is 2.57. The SMILES string of the molecule is COc1ccc(CC(C)(O)C(SC)P(=O)(c2ccccc2)c2ccccc2)cc1. The highest BCUT2D eigenvalue weighted by molar-refractivity contribution is 8.08. The van der Waals surface area contributed by atoms with Crippen molar-refractivity contribution in [3.05, 3.63) is 90.5 Å². The maximum atomic E-state index is 14.7. The molecule has 5 heteroatoms. The van der Waals surface area contributed by atoms with Crippen LogP contribution in [-0.2, 0) is 11.0 Å². The average Bonchev–Trinajstić information content (AvgIpc) is 2.75. The molecule has 0 amide bonds. The first-order valence-electron chi connectivity index (χ1n) is 9.51. The van der Waals surface area contributed by atoms with Gasteiger partial charge in [0, 0.05) is 17.0 Å². The molecule has 2 atom stereocenters. The molecule has 3 rings (SSSR count). The highest BCUT2D eigenvalue weighted by Gasteiger charge is 2.46. The summed E-state index contributed by atoms with van der Waals surface area (Å²) in [6.07, 6.45) is 2.32. The minimum Gasteiger partial charge on any atom is -0.497 e. The lowest BCUT2D eigenvalue weighted by atomic mass is 9.98. The molecule has 0 saturated carbocycles. The molecule has 0 aliphatic carbocycles. The van der Waals surface area contributed by atoms with Crippen molar-refractivity contribution in [2.45, 2.75) is 23.9 Å². The first kappa shape index (κ1) is 21.7. The molecular weight excluding hydrogens is 399 g/mol. The lowest BCUT2D eigenvalue weighted by Crippen LogP contribution is -2.43. The zero-order chi connectivity index (χ0) is 20.9. The van der Waals surface area contributed by atoms with Crippen molar-refractivity contribution in [2.24, 2.45) is 0 Å². The van der Waals surface area contributed by atoms with Gasteiger partial charge in [0.1, 0.15) is 5.75 Å². The molecule has 2 unspecified atom stereocenters. The van der Waals surface area contributed by atoms with Crippen LogP contribution in [0.5, 0.6) is 5.75 Å². The molecule has 0 aliphatic rings. The predicted molar refractivity (Wildman–Crippen MR) is 124 cm³/mol. The van der Waals surface area contributed by atoms with Crippen LogP contribution in [0.4, 0.5) is 0 Å². The molecule has 0 fully saturated rings. The van der Waals surface area contributed by atoms with Crippen LogP contribution >= 0.6 is 18.9 Å². The summed E-state index contributed by atoms with van der Waals surface area (Å²) in [5, 5.41) is 13.1. The smallest absolute Gasteiger partial charge is 0.158 e. The van der Waals surface area contributed by atoms with E-state index in [0.717, 1.165) is 21.9 Å². The number of ether oxygens (including phenoxy) is 1. The van der Waals surface area contributed by atoms with Crippen molar-refractivity contribution in [1.29, 1.82) is 0 Å².